The Morgan fingerprint density at radius 3 is 2.71 bits per heavy atom. The van der Waals surface area contributed by atoms with E-state index in [9.17, 15) is 14.4 Å². The molecule has 0 atom stereocenters. The van der Waals surface area contributed by atoms with Gasteiger partial charge in [0.1, 0.15) is 11.4 Å². The summed E-state index contributed by atoms with van der Waals surface area (Å²) in [6.07, 6.45) is 0.921. The molecule has 1 aromatic heterocycles. The molecule has 1 aliphatic heterocycles. The lowest BCUT2D eigenvalue weighted by Crippen LogP contribution is -2.34. The van der Waals surface area contributed by atoms with Crippen molar-refractivity contribution in [2.75, 3.05) is 32.0 Å². The van der Waals surface area contributed by atoms with E-state index in [1.54, 1.807) is 22.9 Å². The Kier molecular flexibility index (Phi) is 8.19. The van der Waals surface area contributed by atoms with Crippen LogP contribution in [0, 0.1) is 0 Å². The van der Waals surface area contributed by atoms with Crippen molar-refractivity contribution < 1.29 is 19.1 Å². The molecule has 202 valence electrons. The molecule has 3 amide bonds. The number of nitrogens with one attached hydrogen (secondary N) is 3. The molecular weight excluding hydrogens is 484 g/mol. The van der Waals surface area contributed by atoms with Crippen LogP contribution in [0.2, 0.25) is 0 Å². The maximum absolute atomic E-state index is 13.7. The van der Waals surface area contributed by atoms with Crippen LogP contribution in [0.5, 0.6) is 0 Å². The van der Waals surface area contributed by atoms with E-state index < -0.39 is 11.7 Å². The predicted octanol–water partition coefficient (Wildman–Crippen LogP) is 3.89. The number of aromatic amines is 1. The fraction of sp³-hybridized carbons (Fsp3) is 0.429. The van der Waals surface area contributed by atoms with Crippen LogP contribution in [0.1, 0.15) is 55.4 Å². The van der Waals surface area contributed by atoms with Gasteiger partial charge in [-0.15, -0.1) is 0 Å². The minimum absolute atomic E-state index is 0.000537. The third-order valence-corrected chi connectivity index (χ3v) is 6.20. The average Bonchev–Trinajstić information content (AvgIpc) is 3.21. The quantitative estimate of drug-likeness (QED) is 0.388. The Bertz CT molecular complexity index is 1280. The molecule has 0 bridgehead atoms. The van der Waals surface area contributed by atoms with Gasteiger partial charge >= 0.3 is 6.09 Å². The van der Waals surface area contributed by atoms with E-state index in [-0.39, 0.29) is 18.4 Å². The maximum atomic E-state index is 13.7. The van der Waals surface area contributed by atoms with Gasteiger partial charge in [0.15, 0.2) is 0 Å². The molecule has 2 aromatic carbocycles. The smallest absolute Gasteiger partial charge is 0.407 e. The van der Waals surface area contributed by atoms with E-state index in [0.29, 0.717) is 50.4 Å². The molecule has 3 aromatic rings. The largest absolute Gasteiger partial charge is 0.444 e. The zero-order valence-electron chi connectivity index (χ0n) is 22.5. The van der Waals surface area contributed by atoms with Crippen molar-refractivity contribution in [3.63, 3.8) is 0 Å². The molecule has 0 radical (unpaired) electrons. The number of likely N-dealkylation sites (N-methyl/N-ethyl adjacent to an activating group) is 1. The molecule has 4 rings (SSSR count). The number of benzene rings is 2. The number of para-hydroxylation sites is 2. The van der Waals surface area contributed by atoms with Crippen LogP contribution < -0.4 is 10.6 Å². The first kappa shape index (κ1) is 27.0. The first-order valence-corrected chi connectivity index (χ1v) is 12.9. The lowest BCUT2D eigenvalue weighted by atomic mass is 10.1. The van der Waals surface area contributed by atoms with Gasteiger partial charge in [-0.05, 0) is 69.5 Å². The van der Waals surface area contributed by atoms with E-state index in [2.05, 4.69) is 20.6 Å². The predicted molar refractivity (Wildman–Crippen MR) is 146 cm³/mol. The number of anilines is 1. The van der Waals surface area contributed by atoms with Crippen LogP contribution >= 0.6 is 0 Å². The van der Waals surface area contributed by atoms with Gasteiger partial charge in [-0.25, -0.2) is 9.78 Å². The fourth-order valence-corrected chi connectivity index (χ4v) is 4.31. The molecule has 0 saturated carbocycles. The van der Waals surface area contributed by atoms with Crippen molar-refractivity contribution in [3.05, 3.63) is 59.4 Å². The van der Waals surface area contributed by atoms with Gasteiger partial charge in [-0.2, -0.15) is 0 Å². The topological polar surface area (TPSA) is 120 Å². The molecule has 2 heterocycles. The number of hydrogen-bond acceptors (Lipinski definition) is 6. The number of fused-ring (bicyclic) bond motifs is 2. The number of carbonyl (C=O) groups excluding carboxylic acids is 3. The number of aromatic nitrogens is 2. The molecule has 0 aliphatic carbocycles. The molecule has 10 heteroatoms. The zero-order chi connectivity index (χ0) is 27.3. The standard InChI is InChI=1S/C28H36N6O4/c1-28(2,3)38-27(37)29-13-7-8-14-34(18-24-31-22-9-5-6-10-23(22)32-24)26(36)19-11-12-21-20(15-19)17-33(4)25(35)16-30-21/h5-6,9-12,15,30H,7-8,13-14,16-18H2,1-4H3,(H,29,37)(H,31,32). The SMILES string of the molecule is CN1Cc2cc(C(=O)N(CCCCNC(=O)OC(C)(C)C)Cc3nc4ccccc4[nH]3)ccc2NCC1=O. The zero-order valence-corrected chi connectivity index (χ0v) is 22.5. The van der Waals surface area contributed by atoms with Gasteiger partial charge < -0.3 is 30.2 Å². The highest BCUT2D eigenvalue weighted by Crippen LogP contribution is 2.23. The summed E-state index contributed by atoms with van der Waals surface area (Å²) < 4.78 is 5.28. The third kappa shape index (κ3) is 7.02. The minimum Gasteiger partial charge on any atom is -0.444 e. The second-order valence-corrected chi connectivity index (χ2v) is 10.5. The molecular formula is C28H36N6O4. The number of carbonyl (C=O) groups is 3. The summed E-state index contributed by atoms with van der Waals surface area (Å²) in [7, 11) is 1.76. The molecule has 0 spiro atoms. The van der Waals surface area contributed by atoms with Crippen LogP contribution in [0.4, 0.5) is 10.5 Å². The van der Waals surface area contributed by atoms with Crippen LogP contribution in [-0.4, -0.2) is 70.0 Å². The van der Waals surface area contributed by atoms with Crippen LogP contribution in [-0.2, 0) is 22.6 Å². The lowest BCUT2D eigenvalue weighted by molar-refractivity contribution is -0.128. The van der Waals surface area contributed by atoms with E-state index >= 15 is 0 Å². The van der Waals surface area contributed by atoms with Gasteiger partial charge in [0, 0.05) is 37.9 Å². The second kappa shape index (κ2) is 11.5. The Balaban J connectivity index is 1.46. The number of rotatable bonds is 8. The molecule has 0 saturated heterocycles. The Morgan fingerprint density at radius 1 is 1.16 bits per heavy atom. The first-order chi connectivity index (χ1) is 18.1. The Labute approximate surface area is 222 Å². The molecule has 38 heavy (non-hydrogen) atoms. The summed E-state index contributed by atoms with van der Waals surface area (Å²) in [4.78, 5) is 49.1. The van der Waals surface area contributed by atoms with Crippen molar-refractivity contribution in [2.24, 2.45) is 0 Å². The number of alkyl carbamates (subject to hydrolysis) is 1. The van der Waals surface area contributed by atoms with E-state index in [1.807, 2.05) is 57.2 Å². The number of hydrogen-bond donors (Lipinski definition) is 3. The van der Waals surface area contributed by atoms with Crippen molar-refractivity contribution in [1.82, 2.24) is 25.1 Å². The van der Waals surface area contributed by atoms with Crippen molar-refractivity contribution in [1.29, 1.82) is 0 Å². The van der Waals surface area contributed by atoms with Crippen LogP contribution in [0.15, 0.2) is 42.5 Å². The maximum Gasteiger partial charge on any atom is 0.407 e. The second-order valence-electron chi connectivity index (χ2n) is 10.5. The Morgan fingerprint density at radius 2 is 1.95 bits per heavy atom. The fourth-order valence-electron chi connectivity index (χ4n) is 4.31. The minimum atomic E-state index is -0.550. The monoisotopic (exact) mass is 520 g/mol. The third-order valence-electron chi connectivity index (χ3n) is 6.20. The van der Waals surface area contributed by atoms with Gasteiger partial charge in [-0.3, -0.25) is 9.59 Å². The summed E-state index contributed by atoms with van der Waals surface area (Å²) in [5.74, 6) is 0.584. The molecule has 1 aliphatic rings. The summed E-state index contributed by atoms with van der Waals surface area (Å²) in [5, 5.41) is 5.92. The summed E-state index contributed by atoms with van der Waals surface area (Å²) in [5.41, 5.74) is 3.52. The normalized spacial score (nSPS) is 13.5. The van der Waals surface area contributed by atoms with Crippen molar-refractivity contribution in [2.45, 2.75) is 52.3 Å². The summed E-state index contributed by atoms with van der Waals surface area (Å²) >= 11 is 0. The molecule has 0 fully saturated rings. The highest BCUT2D eigenvalue weighted by atomic mass is 16.6. The highest BCUT2D eigenvalue weighted by Gasteiger charge is 2.22. The summed E-state index contributed by atoms with van der Waals surface area (Å²) in [6, 6.07) is 13.3. The van der Waals surface area contributed by atoms with E-state index in [0.717, 1.165) is 22.3 Å². The number of unbranched alkanes of at least 4 members (excludes halogenated alkanes) is 1. The van der Waals surface area contributed by atoms with Gasteiger partial charge in [0.2, 0.25) is 5.91 Å². The van der Waals surface area contributed by atoms with Crippen LogP contribution in [0.3, 0.4) is 0 Å². The van der Waals surface area contributed by atoms with Gasteiger partial charge in [0.05, 0.1) is 24.1 Å². The number of ether oxygens (including phenoxy) is 1. The highest BCUT2D eigenvalue weighted by molar-refractivity contribution is 5.95. The number of amides is 3. The van der Waals surface area contributed by atoms with Crippen molar-refractivity contribution in [3.8, 4) is 0 Å². The molecule has 3 N–H and O–H groups in total. The first-order valence-electron chi connectivity index (χ1n) is 12.9. The molecule has 10 nitrogen and oxygen atoms in total. The van der Waals surface area contributed by atoms with E-state index in [1.165, 1.54) is 0 Å². The van der Waals surface area contributed by atoms with Crippen molar-refractivity contribution >= 4 is 34.6 Å². The Hall–Kier alpha value is -4.08. The van der Waals surface area contributed by atoms with Crippen LogP contribution in [0.25, 0.3) is 11.0 Å². The average molecular weight is 521 g/mol. The van der Waals surface area contributed by atoms with Gasteiger partial charge in [0.25, 0.3) is 5.91 Å². The molecule has 0 unspecified atom stereocenters. The van der Waals surface area contributed by atoms with E-state index in [4.69, 9.17) is 4.74 Å². The summed E-state index contributed by atoms with van der Waals surface area (Å²) in [6.45, 7) is 7.38. The number of imidazole rings is 1. The number of H-pyrrole nitrogens is 1. The lowest BCUT2D eigenvalue weighted by Gasteiger charge is -2.23. The van der Waals surface area contributed by atoms with Gasteiger partial charge in [-0.1, -0.05) is 12.1 Å². The number of nitrogens with zero attached hydrogens (tertiary/aromatic N) is 3.